The summed E-state index contributed by atoms with van der Waals surface area (Å²) in [5.74, 6) is -4.36. The van der Waals surface area contributed by atoms with Crippen LogP contribution in [0.3, 0.4) is 0 Å². The number of halogens is 2. The molecular weight excluding hydrogens is 462 g/mol. The van der Waals surface area contributed by atoms with Crippen molar-refractivity contribution in [1.82, 2.24) is 4.98 Å². The van der Waals surface area contributed by atoms with Gasteiger partial charge in [-0.15, -0.1) is 0 Å². The van der Waals surface area contributed by atoms with Crippen molar-refractivity contribution in [1.29, 1.82) is 0 Å². The van der Waals surface area contributed by atoms with Gasteiger partial charge in [-0.2, -0.15) is 0 Å². The standard InChI is InChI=1S/C25H16F2N2O4S/c1-33-17-8-5-13(6-9-17)22(30)20-21(14-3-2-4-15(26)11-14)29(24(32)23(20)31)25-28-18-10-7-16(27)12-19(18)34-25/h2-12,20-21H,1H3. The van der Waals surface area contributed by atoms with Crippen LogP contribution in [-0.2, 0) is 9.59 Å². The molecule has 0 spiro atoms. The summed E-state index contributed by atoms with van der Waals surface area (Å²) in [4.78, 5) is 45.3. The van der Waals surface area contributed by atoms with Crippen LogP contribution in [0.2, 0.25) is 0 Å². The van der Waals surface area contributed by atoms with E-state index in [2.05, 4.69) is 4.98 Å². The molecule has 1 aliphatic rings. The van der Waals surface area contributed by atoms with E-state index in [0.717, 1.165) is 16.2 Å². The number of anilines is 1. The molecule has 170 valence electrons. The number of rotatable bonds is 5. The highest BCUT2D eigenvalue weighted by atomic mass is 32.1. The van der Waals surface area contributed by atoms with Gasteiger partial charge in [-0.25, -0.2) is 13.8 Å². The number of ketones is 2. The van der Waals surface area contributed by atoms with Crippen molar-refractivity contribution in [3.8, 4) is 5.75 Å². The fraction of sp³-hybridized carbons (Fsp3) is 0.120. The minimum Gasteiger partial charge on any atom is -0.497 e. The number of aromatic nitrogens is 1. The van der Waals surface area contributed by atoms with Gasteiger partial charge < -0.3 is 4.74 Å². The van der Waals surface area contributed by atoms with E-state index in [1.807, 2.05) is 0 Å². The molecule has 0 saturated carbocycles. The van der Waals surface area contributed by atoms with Gasteiger partial charge in [-0.1, -0.05) is 23.5 Å². The lowest BCUT2D eigenvalue weighted by molar-refractivity contribution is -0.135. The molecule has 3 aromatic carbocycles. The fourth-order valence-electron chi connectivity index (χ4n) is 4.10. The second-order valence-corrected chi connectivity index (χ2v) is 8.73. The normalized spacial score (nSPS) is 18.0. The number of carbonyl (C=O) groups is 3. The fourth-order valence-corrected chi connectivity index (χ4v) is 5.12. The molecule has 1 saturated heterocycles. The molecule has 1 aromatic heterocycles. The number of thiazole rings is 1. The maximum atomic E-state index is 14.1. The van der Waals surface area contributed by atoms with E-state index >= 15 is 0 Å². The number of benzene rings is 3. The summed E-state index contributed by atoms with van der Waals surface area (Å²) >= 11 is 1.01. The second kappa shape index (κ2) is 8.42. The van der Waals surface area contributed by atoms with Crippen LogP contribution in [0.15, 0.2) is 66.7 Å². The third-order valence-corrected chi connectivity index (χ3v) is 6.72. The monoisotopic (exact) mass is 478 g/mol. The van der Waals surface area contributed by atoms with Gasteiger partial charge in [0.2, 0.25) is 5.78 Å². The molecule has 0 aliphatic carbocycles. The van der Waals surface area contributed by atoms with Crippen LogP contribution in [0, 0.1) is 17.6 Å². The summed E-state index contributed by atoms with van der Waals surface area (Å²) in [6.07, 6.45) is 0. The van der Waals surface area contributed by atoms with Crippen molar-refractivity contribution < 1.29 is 27.9 Å². The minimum atomic E-state index is -1.41. The van der Waals surface area contributed by atoms with Gasteiger partial charge in [-0.05, 0) is 60.2 Å². The van der Waals surface area contributed by atoms with Crippen LogP contribution >= 0.6 is 11.3 Å². The van der Waals surface area contributed by atoms with Crippen LogP contribution in [-0.4, -0.2) is 29.6 Å². The Hall–Kier alpha value is -3.98. The van der Waals surface area contributed by atoms with E-state index < -0.39 is 41.1 Å². The molecule has 2 heterocycles. The number of hydrogen-bond acceptors (Lipinski definition) is 6. The summed E-state index contributed by atoms with van der Waals surface area (Å²) in [5.41, 5.74) is 0.919. The summed E-state index contributed by atoms with van der Waals surface area (Å²) in [6.45, 7) is 0. The number of methoxy groups -OCH3 is 1. The molecule has 6 nitrogen and oxygen atoms in total. The van der Waals surface area contributed by atoms with Crippen LogP contribution in [0.1, 0.15) is 22.0 Å². The summed E-state index contributed by atoms with van der Waals surface area (Å²) in [6, 6.07) is 14.4. The predicted octanol–water partition coefficient (Wildman–Crippen LogP) is 4.74. The molecule has 0 N–H and O–H groups in total. The van der Waals surface area contributed by atoms with Gasteiger partial charge in [-0.3, -0.25) is 19.3 Å². The highest BCUT2D eigenvalue weighted by Crippen LogP contribution is 2.43. The first-order valence-electron chi connectivity index (χ1n) is 10.2. The highest BCUT2D eigenvalue weighted by molar-refractivity contribution is 7.22. The number of carbonyl (C=O) groups excluding carboxylic acids is 3. The molecule has 9 heteroatoms. The van der Waals surface area contributed by atoms with Crippen LogP contribution in [0.5, 0.6) is 5.75 Å². The van der Waals surface area contributed by atoms with E-state index in [0.29, 0.717) is 16.0 Å². The molecule has 5 rings (SSSR count). The lowest BCUT2D eigenvalue weighted by atomic mass is 9.86. The largest absolute Gasteiger partial charge is 0.497 e. The number of hydrogen-bond donors (Lipinski definition) is 0. The first kappa shape index (κ1) is 21.8. The van der Waals surface area contributed by atoms with E-state index in [1.54, 1.807) is 18.2 Å². The van der Waals surface area contributed by atoms with Gasteiger partial charge in [0.15, 0.2) is 10.9 Å². The van der Waals surface area contributed by atoms with E-state index in [-0.39, 0.29) is 16.3 Å². The van der Waals surface area contributed by atoms with Gasteiger partial charge in [0.25, 0.3) is 5.91 Å². The van der Waals surface area contributed by atoms with Crippen molar-refractivity contribution in [2.75, 3.05) is 12.0 Å². The van der Waals surface area contributed by atoms with Crippen molar-refractivity contribution >= 4 is 44.2 Å². The quantitative estimate of drug-likeness (QED) is 0.235. The Morgan fingerprint density at radius 2 is 1.74 bits per heavy atom. The summed E-state index contributed by atoms with van der Waals surface area (Å²) in [7, 11) is 1.48. The molecule has 0 bridgehead atoms. The van der Waals surface area contributed by atoms with Crippen molar-refractivity contribution in [3.63, 3.8) is 0 Å². The van der Waals surface area contributed by atoms with E-state index in [9.17, 15) is 23.2 Å². The lowest BCUT2D eigenvalue weighted by Crippen LogP contribution is -2.30. The first-order chi connectivity index (χ1) is 16.4. The van der Waals surface area contributed by atoms with E-state index in [4.69, 9.17) is 4.74 Å². The van der Waals surface area contributed by atoms with Gasteiger partial charge in [0.05, 0.1) is 23.4 Å². The molecule has 2 atom stereocenters. The lowest BCUT2D eigenvalue weighted by Gasteiger charge is -2.25. The minimum absolute atomic E-state index is 0.123. The van der Waals surface area contributed by atoms with Gasteiger partial charge >= 0.3 is 0 Å². The molecular formula is C25H16F2N2O4S. The molecule has 0 radical (unpaired) electrons. The number of nitrogens with zero attached hydrogens (tertiary/aromatic N) is 2. The van der Waals surface area contributed by atoms with E-state index in [1.165, 1.54) is 55.6 Å². The molecule has 1 amide bonds. The Morgan fingerprint density at radius 1 is 1.00 bits per heavy atom. The summed E-state index contributed by atoms with van der Waals surface area (Å²) in [5, 5.41) is 0.123. The number of fused-ring (bicyclic) bond motifs is 1. The Bertz CT molecular complexity index is 1450. The van der Waals surface area contributed by atoms with Crippen molar-refractivity contribution in [2.45, 2.75) is 6.04 Å². The number of amides is 1. The zero-order chi connectivity index (χ0) is 24.0. The molecule has 1 fully saturated rings. The number of Topliss-reactive ketones (excluding diaryl/α,β-unsaturated/α-hetero) is 2. The Labute approximate surface area is 196 Å². The third-order valence-electron chi connectivity index (χ3n) is 5.70. The van der Waals surface area contributed by atoms with Crippen molar-refractivity contribution in [3.05, 3.63) is 89.5 Å². The molecule has 4 aromatic rings. The Morgan fingerprint density at radius 3 is 2.44 bits per heavy atom. The topological polar surface area (TPSA) is 76.6 Å². The second-order valence-electron chi connectivity index (χ2n) is 7.72. The Balaban J connectivity index is 1.65. The van der Waals surface area contributed by atoms with Gasteiger partial charge in [0.1, 0.15) is 23.3 Å². The van der Waals surface area contributed by atoms with Crippen LogP contribution < -0.4 is 9.64 Å². The number of ether oxygens (including phenoxy) is 1. The zero-order valence-corrected chi connectivity index (χ0v) is 18.5. The average Bonchev–Trinajstić information content (AvgIpc) is 3.36. The maximum Gasteiger partial charge on any atom is 0.297 e. The third kappa shape index (κ3) is 3.63. The smallest absolute Gasteiger partial charge is 0.297 e. The average molecular weight is 478 g/mol. The zero-order valence-electron chi connectivity index (χ0n) is 17.7. The molecule has 1 aliphatic heterocycles. The van der Waals surface area contributed by atoms with Crippen molar-refractivity contribution in [2.24, 2.45) is 5.92 Å². The maximum absolute atomic E-state index is 14.1. The first-order valence-corrected chi connectivity index (χ1v) is 11.1. The van der Waals surface area contributed by atoms with Crippen LogP contribution in [0.4, 0.5) is 13.9 Å². The van der Waals surface area contributed by atoms with Gasteiger partial charge in [0, 0.05) is 5.56 Å². The predicted molar refractivity (Wildman–Crippen MR) is 122 cm³/mol. The molecule has 34 heavy (non-hydrogen) atoms. The molecule has 2 unspecified atom stereocenters. The highest BCUT2D eigenvalue weighted by Gasteiger charge is 2.53. The SMILES string of the molecule is COc1ccc(C(=O)C2C(=O)C(=O)N(c3nc4ccc(F)cc4s3)C2c2cccc(F)c2)cc1. The summed E-state index contributed by atoms with van der Waals surface area (Å²) < 4.78 is 33.4. The Kier molecular flexibility index (Phi) is 5.41. The van der Waals surface area contributed by atoms with Crippen LogP contribution in [0.25, 0.3) is 10.2 Å².